The summed E-state index contributed by atoms with van der Waals surface area (Å²) in [7, 11) is 1.69. The van der Waals surface area contributed by atoms with Crippen LogP contribution in [0.1, 0.15) is 46.1 Å². The molecule has 0 atom stereocenters. The summed E-state index contributed by atoms with van der Waals surface area (Å²) in [5.74, 6) is 1.72. The number of rotatable bonds is 8. The second-order valence-corrected chi connectivity index (χ2v) is 10.7. The van der Waals surface area contributed by atoms with Crippen LogP contribution < -0.4 is 19.7 Å². The molecule has 2 aliphatic heterocycles. The number of hydrogen-bond donors (Lipinski definition) is 1. The van der Waals surface area contributed by atoms with Gasteiger partial charge in [-0.05, 0) is 106 Å². The van der Waals surface area contributed by atoms with Crippen molar-refractivity contribution < 1.29 is 19.0 Å². The molecule has 0 aliphatic carbocycles. The number of nitrogens with one attached hydrogen (secondary N) is 1. The molecule has 0 unspecified atom stereocenters. The van der Waals surface area contributed by atoms with Gasteiger partial charge in [0.05, 0.1) is 13.7 Å². The summed E-state index contributed by atoms with van der Waals surface area (Å²) in [6.07, 6.45) is 6.03. The fourth-order valence-electron chi connectivity index (χ4n) is 4.87. The van der Waals surface area contributed by atoms with Gasteiger partial charge in [-0.15, -0.1) is 0 Å². The number of carbonyl (C=O) groups excluding carboxylic acids is 1. The second-order valence-electron chi connectivity index (χ2n) is 10.7. The van der Waals surface area contributed by atoms with Gasteiger partial charge < -0.3 is 29.3 Å². The first-order valence-electron chi connectivity index (χ1n) is 13.5. The number of nitrogens with zero attached hydrogens (tertiary/aromatic N) is 2. The summed E-state index contributed by atoms with van der Waals surface area (Å²) >= 11 is 0. The summed E-state index contributed by atoms with van der Waals surface area (Å²) in [6, 6.07) is 16.8. The molecule has 1 N–H and O–H groups in total. The van der Waals surface area contributed by atoms with Gasteiger partial charge in [0, 0.05) is 43.6 Å². The maximum Gasteiger partial charge on any atom is 0.410 e. The highest BCUT2D eigenvalue weighted by Gasteiger charge is 2.30. The quantitative estimate of drug-likeness (QED) is 0.471. The molecule has 0 aromatic heterocycles. The van der Waals surface area contributed by atoms with Crippen LogP contribution in [0.3, 0.4) is 0 Å². The van der Waals surface area contributed by atoms with Crippen molar-refractivity contribution in [3.05, 3.63) is 71.8 Å². The molecule has 0 spiro atoms. The second kappa shape index (κ2) is 12.3. The number of dihydropyridines is 1. The fourth-order valence-corrected chi connectivity index (χ4v) is 4.87. The van der Waals surface area contributed by atoms with E-state index in [0.717, 1.165) is 54.4 Å². The van der Waals surface area contributed by atoms with Crippen molar-refractivity contribution >= 4 is 17.5 Å². The number of benzene rings is 2. The van der Waals surface area contributed by atoms with Gasteiger partial charge in [0.25, 0.3) is 0 Å². The predicted octanol–water partition coefficient (Wildman–Crippen LogP) is 5.87. The van der Waals surface area contributed by atoms with Gasteiger partial charge in [0.2, 0.25) is 0 Å². The lowest BCUT2D eigenvalue weighted by molar-refractivity contribution is 0.0205. The number of likely N-dealkylation sites (tertiary alicyclic amines) is 1. The highest BCUT2D eigenvalue weighted by Crippen LogP contribution is 2.29. The van der Waals surface area contributed by atoms with Crippen molar-refractivity contribution in [3.63, 3.8) is 0 Å². The minimum absolute atomic E-state index is 0.226. The summed E-state index contributed by atoms with van der Waals surface area (Å²) < 4.78 is 16.6. The van der Waals surface area contributed by atoms with Crippen molar-refractivity contribution in [1.82, 2.24) is 10.2 Å². The number of anilines is 1. The molecular weight excluding hydrogens is 478 g/mol. The van der Waals surface area contributed by atoms with E-state index in [1.807, 2.05) is 56.9 Å². The largest absolute Gasteiger partial charge is 0.497 e. The molecule has 7 heteroatoms. The van der Waals surface area contributed by atoms with Crippen LogP contribution in [-0.4, -0.2) is 62.5 Å². The molecule has 7 nitrogen and oxygen atoms in total. The Bertz CT molecular complexity index is 1130. The molecule has 2 aromatic carbocycles. The van der Waals surface area contributed by atoms with Crippen molar-refractivity contribution in [2.24, 2.45) is 0 Å². The number of hydrogen-bond acceptors (Lipinski definition) is 6. The van der Waals surface area contributed by atoms with E-state index in [-0.39, 0.29) is 6.09 Å². The molecule has 0 bridgehead atoms. The molecule has 2 aromatic rings. The van der Waals surface area contributed by atoms with Gasteiger partial charge in [-0.25, -0.2) is 4.79 Å². The molecule has 2 heterocycles. The highest BCUT2D eigenvalue weighted by molar-refractivity contribution is 5.70. The van der Waals surface area contributed by atoms with Crippen LogP contribution in [0.25, 0.3) is 5.70 Å². The topological polar surface area (TPSA) is 63.3 Å². The van der Waals surface area contributed by atoms with E-state index in [0.29, 0.717) is 25.7 Å². The van der Waals surface area contributed by atoms with Gasteiger partial charge in [-0.1, -0.05) is 6.08 Å². The lowest BCUT2D eigenvalue weighted by Gasteiger charge is -2.40. The first-order valence-corrected chi connectivity index (χ1v) is 13.5. The number of ether oxygens (including phenoxy) is 3. The lowest BCUT2D eigenvalue weighted by Crippen LogP contribution is -2.48. The zero-order chi connectivity index (χ0) is 27.1. The van der Waals surface area contributed by atoms with Crippen LogP contribution in [0.2, 0.25) is 0 Å². The average Bonchev–Trinajstić information content (AvgIpc) is 2.92. The van der Waals surface area contributed by atoms with E-state index in [1.54, 1.807) is 7.11 Å². The van der Waals surface area contributed by atoms with E-state index >= 15 is 0 Å². The fraction of sp³-hybridized carbons (Fsp3) is 0.452. The first kappa shape index (κ1) is 27.4. The molecule has 2 aliphatic rings. The van der Waals surface area contributed by atoms with Gasteiger partial charge >= 0.3 is 6.09 Å². The van der Waals surface area contributed by atoms with Crippen molar-refractivity contribution in [3.8, 4) is 11.5 Å². The Balaban J connectivity index is 1.50. The van der Waals surface area contributed by atoms with E-state index in [2.05, 4.69) is 46.6 Å². The van der Waals surface area contributed by atoms with Crippen LogP contribution >= 0.6 is 0 Å². The molecule has 1 amide bonds. The number of piperidine rings is 1. The van der Waals surface area contributed by atoms with Crippen LogP contribution in [-0.2, 0) is 4.74 Å². The first-order chi connectivity index (χ1) is 18.3. The van der Waals surface area contributed by atoms with E-state index in [4.69, 9.17) is 14.2 Å². The van der Waals surface area contributed by atoms with E-state index < -0.39 is 5.60 Å². The maximum atomic E-state index is 12.6. The Labute approximate surface area is 227 Å². The van der Waals surface area contributed by atoms with Gasteiger partial charge in [-0.3, -0.25) is 0 Å². The highest BCUT2D eigenvalue weighted by atomic mass is 16.6. The Kier molecular flexibility index (Phi) is 8.87. The average molecular weight is 520 g/mol. The summed E-state index contributed by atoms with van der Waals surface area (Å²) in [4.78, 5) is 16.9. The normalized spacial score (nSPS) is 16.2. The Morgan fingerprint density at radius 2 is 1.68 bits per heavy atom. The smallest absolute Gasteiger partial charge is 0.410 e. The third-order valence-electron chi connectivity index (χ3n) is 6.78. The van der Waals surface area contributed by atoms with E-state index in [9.17, 15) is 4.79 Å². The summed E-state index contributed by atoms with van der Waals surface area (Å²) in [6.45, 7) is 11.3. The molecule has 1 saturated heterocycles. The molecule has 1 fully saturated rings. The SMILES string of the molecule is CCOc1ccc(C2=CC(CN(c3ccc(OC)cc3)C3CCN(C(=O)OC(C)(C)C)CC3)=CCN2)cc1. The van der Waals surface area contributed by atoms with E-state index in [1.165, 1.54) is 5.57 Å². The zero-order valence-corrected chi connectivity index (χ0v) is 23.3. The van der Waals surface area contributed by atoms with Crippen molar-refractivity contribution in [1.29, 1.82) is 0 Å². The third kappa shape index (κ3) is 7.24. The standard InChI is InChI=1S/C31H41N3O4/c1-6-37-28-11-7-24(8-12-28)29-21-23(15-18-32-29)22-34(25-9-13-27(36-5)14-10-25)26-16-19-33(20-17-26)30(35)38-31(2,3)4/h7-15,21,26,32H,6,16-20,22H2,1-5H3. The molecule has 204 valence electrons. The predicted molar refractivity (Wildman–Crippen MR) is 153 cm³/mol. The maximum absolute atomic E-state index is 12.6. The van der Waals surface area contributed by atoms with Crippen molar-refractivity contribution in [2.45, 2.75) is 52.2 Å². The number of amides is 1. The van der Waals surface area contributed by atoms with Crippen molar-refractivity contribution in [2.75, 3.05) is 44.8 Å². The van der Waals surface area contributed by atoms with Crippen LogP contribution in [0.15, 0.2) is 66.3 Å². The van der Waals surface area contributed by atoms with Gasteiger partial charge in [0.1, 0.15) is 17.1 Å². The minimum atomic E-state index is -0.488. The van der Waals surface area contributed by atoms with Gasteiger partial charge in [0.15, 0.2) is 0 Å². The molecular formula is C31H41N3O4. The zero-order valence-electron chi connectivity index (χ0n) is 23.3. The monoisotopic (exact) mass is 519 g/mol. The number of carbonyl (C=O) groups is 1. The lowest BCUT2D eigenvalue weighted by atomic mass is 9.99. The Morgan fingerprint density at radius 1 is 1.03 bits per heavy atom. The molecule has 4 rings (SSSR count). The van der Waals surface area contributed by atoms with Crippen LogP contribution in [0, 0.1) is 0 Å². The minimum Gasteiger partial charge on any atom is -0.497 e. The number of methoxy groups -OCH3 is 1. The Hall–Kier alpha value is -3.61. The summed E-state index contributed by atoms with van der Waals surface area (Å²) in [5, 5.41) is 3.51. The molecule has 0 radical (unpaired) electrons. The van der Waals surface area contributed by atoms with Crippen LogP contribution in [0.4, 0.5) is 10.5 Å². The molecule has 38 heavy (non-hydrogen) atoms. The third-order valence-corrected chi connectivity index (χ3v) is 6.78. The Morgan fingerprint density at radius 3 is 2.29 bits per heavy atom. The van der Waals surface area contributed by atoms with Crippen LogP contribution in [0.5, 0.6) is 11.5 Å². The summed E-state index contributed by atoms with van der Waals surface area (Å²) in [5.41, 5.74) is 4.17. The van der Waals surface area contributed by atoms with Gasteiger partial charge in [-0.2, -0.15) is 0 Å². The molecule has 0 saturated carbocycles.